The Bertz CT molecular complexity index is 926. The Morgan fingerprint density at radius 2 is 2.15 bits per heavy atom. The lowest BCUT2D eigenvalue weighted by molar-refractivity contribution is -0.135. The molecule has 26 heavy (non-hydrogen) atoms. The Morgan fingerprint density at radius 1 is 1.27 bits per heavy atom. The van der Waals surface area contributed by atoms with Crippen molar-refractivity contribution in [3.63, 3.8) is 0 Å². The number of thiophene rings is 2. The van der Waals surface area contributed by atoms with Crippen LogP contribution in [0, 0.1) is 5.82 Å². The molecule has 1 aliphatic rings. The van der Waals surface area contributed by atoms with E-state index in [1.807, 2.05) is 16.3 Å². The van der Waals surface area contributed by atoms with Crippen LogP contribution in [-0.2, 0) is 11.2 Å². The Morgan fingerprint density at radius 3 is 2.92 bits per heavy atom. The zero-order chi connectivity index (χ0) is 18.1. The lowest BCUT2D eigenvalue weighted by atomic mass is 9.98. The van der Waals surface area contributed by atoms with Gasteiger partial charge in [-0.15, -0.1) is 22.7 Å². The lowest BCUT2D eigenvalue weighted by Gasteiger charge is -2.35. The molecule has 1 atom stereocenters. The molecule has 134 valence electrons. The maximum atomic E-state index is 13.9. The van der Waals surface area contributed by atoms with Crippen LogP contribution in [0.25, 0.3) is 0 Å². The number of amides is 1. The molecule has 0 spiro atoms. The molecule has 1 amide bonds. The number of hydrogen-bond acceptors (Lipinski definition) is 4. The Balaban J connectivity index is 1.55. The number of nitrogens with zero attached hydrogens (tertiary/aromatic N) is 1. The zero-order valence-corrected chi connectivity index (χ0v) is 16.9. The van der Waals surface area contributed by atoms with E-state index < -0.39 is 5.82 Å². The van der Waals surface area contributed by atoms with E-state index in [9.17, 15) is 9.18 Å². The predicted octanol–water partition coefficient (Wildman–Crippen LogP) is 5.26. The average molecular weight is 452 g/mol. The number of carbonyl (C=O) groups is 1. The summed E-state index contributed by atoms with van der Waals surface area (Å²) >= 11 is 6.59. The van der Waals surface area contributed by atoms with Gasteiger partial charge in [0, 0.05) is 20.8 Å². The van der Waals surface area contributed by atoms with Crippen molar-refractivity contribution in [2.45, 2.75) is 12.5 Å². The minimum Gasteiger partial charge on any atom is -0.481 e. The molecule has 1 aliphatic heterocycles. The first-order valence-corrected chi connectivity index (χ1v) is 10.7. The third-order valence-electron chi connectivity index (χ3n) is 4.34. The van der Waals surface area contributed by atoms with Crippen LogP contribution in [0.1, 0.15) is 21.4 Å². The molecule has 3 heterocycles. The minimum absolute atomic E-state index is 0.0856. The summed E-state index contributed by atoms with van der Waals surface area (Å²) in [4.78, 5) is 17.2. The number of fused-ring (bicyclic) bond motifs is 1. The third kappa shape index (κ3) is 3.43. The molecule has 1 unspecified atom stereocenters. The molecule has 0 saturated heterocycles. The van der Waals surface area contributed by atoms with Crippen molar-refractivity contribution in [1.82, 2.24) is 4.90 Å². The van der Waals surface area contributed by atoms with Crippen LogP contribution in [0.15, 0.2) is 51.6 Å². The summed E-state index contributed by atoms with van der Waals surface area (Å²) in [7, 11) is 0. The van der Waals surface area contributed by atoms with Crippen molar-refractivity contribution in [1.29, 1.82) is 0 Å². The molecule has 0 aliphatic carbocycles. The average Bonchev–Trinajstić information content (AvgIpc) is 3.31. The summed E-state index contributed by atoms with van der Waals surface area (Å²) in [5.74, 6) is -0.536. The highest BCUT2D eigenvalue weighted by Crippen LogP contribution is 2.39. The van der Waals surface area contributed by atoms with Crippen LogP contribution in [0.5, 0.6) is 5.75 Å². The second-order valence-corrected chi connectivity index (χ2v) is 8.81. The smallest absolute Gasteiger partial charge is 0.261 e. The Hall–Kier alpha value is -1.70. The molecule has 3 aromatic rings. The number of ether oxygens (including phenoxy) is 1. The molecule has 1 aromatic carbocycles. The van der Waals surface area contributed by atoms with Crippen LogP contribution in [0.4, 0.5) is 4.39 Å². The van der Waals surface area contributed by atoms with E-state index in [-0.39, 0.29) is 24.3 Å². The summed E-state index contributed by atoms with van der Waals surface area (Å²) in [6.07, 6.45) is 0.841. The van der Waals surface area contributed by atoms with Crippen molar-refractivity contribution in [3.05, 3.63) is 72.8 Å². The quantitative estimate of drug-likeness (QED) is 0.540. The van der Waals surface area contributed by atoms with Gasteiger partial charge >= 0.3 is 0 Å². The van der Waals surface area contributed by atoms with Crippen molar-refractivity contribution in [2.24, 2.45) is 0 Å². The van der Waals surface area contributed by atoms with Gasteiger partial charge in [-0.1, -0.05) is 22.0 Å². The van der Waals surface area contributed by atoms with Gasteiger partial charge in [0.05, 0.1) is 6.04 Å². The molecular formula is C19H15BrFNO2S2. The molecule has 0 radical (unpaired) electrons. The molecule has 0 N–H and O–H groups in total. The summed E-state index contributed by atoms with van der Waals surface area (Å²) in [5, 5.41) is 4.10. The van der Waals surface area contributed by atoms with Gasteiger partial charge in [-0.3, -0.25) is 4.79 Å². The molecule has 4 rings (SSSR count). The highest BCUT2D eigenvalue weighted by Gasteiger charge is 2.33. The number of carbonyl (C=O) groups excluding carboxylic acids is 1. The van der Waals surface area contributed by atoms with Gasteiger partial charge in [-0.2, -0.15) is 0 Å². The molecule has 0 fully saturated rings. The van der Waals surface area contributed by atoms with Crippen molar-refractivity contribution >= 4 is 44.5 Å². The van der Waals surface area contributed by atoms with Crippen molar-refractivity contribution in [2.75, 3.05) is 13.2 Å². The fourth-order valence-electron chi connectivity index (χ4n) is 3.15. The van der Waals surface area contributed by atoms with Crippen LogP contribution in [0.3, 0.4) is 0 Å². The third-order valence-corrected chi connectivity index (χ3v) is 6.76. The largest absolute Gasteiger partial charge is 0.481 e. The predicted molar refractivity (Wildman–Crippen MR) is 105 cm³/mol. The Labute approximate surface area is 167 Å². The zero-order valence-electron chi connectivity index (χ0n) is 13.7. The number of benzene rings is 1. The van der Waals surface area contributed by atoms with Crippen LogP contribution in [-0.4, -0.2) is 24.0 Å². The number of hydrogen-bond donors (Lipinski definition) is 0. The molecule has 2 aromatic heterocycles. The molecule has 0 saturated carbocycles. The second kappa shape index (κ2) is 7.50. The molecule has 7 heteroatoms. The minimum atomic E-state index is -0.485. The fourth-order valence-corrected chi connectivity index (χ4v) is 5.24. The van der Waals surface area contributed by atoms with Gasteiger partial charge in [0.25, 0.3) is 5.91 Å². The van der Waals surface area contributed by atoms with E-state index in [1.165, 1.54) is 22.6 Å². The van der Waals surface area contributed by atoms with E-state index in [0.717, 1.165) is 11.3 Å². The van der Waals surface area contributed by atoms with Crippen LogP contribution in [0.2, 0.25) is 0 Å². The van der Waals surface area contributed by atoms with Crippen molar-refractivity contribution in [3.8, 4) is 5.75 Å². The molecule has 0 bridgehead atoms. The number of rotatable bonds is 4. The van der Waals surface area contributed by atoms with E-state index in [1.54, 1.807) is 28.7 Å². The van der Waals surface area contributed by atoms with Gasteiger partial charge in [0.2, 0.25) is 0 Å². The standard InChI is InChI=1S/C19H15BrFNO2S2/c20-12-3-4-15(14(21)10-12)24-11-18(23)22-7-5-16-13(6-9-26-16)19(22)17-2-1-8-25-17/h1-4,6,8-10,19H,5,7,11H2. The normalized spacial score (nSPS) is 16.4. The van der Waals surface area contributed by atoms with E-state index in [0.29, 0.717) is 11.0 Å². The summed E-state index contributed by atoms with van der Waals surface area (Å²) < 4.78 is 20.0. The van der Waals surface area contributed by atoms with E-state index >= 15 is 0 Å². The van der Waals surface area contributed by atoms with Gasteiger partial charge in [-0.25, -0.2) is 4.39 Å². The first-order valence-electron chi connectivity index (χ1n) is 8.10. The summed E-state index contributed by atoms with van der Waals surface area (Å²) in [6, 6.07) is 10.6. The second-order valence-electron chi connectivity index (χ2n) is 5.92. The van der Waals surface area contributed by atoms with Gasteiger partial charge in [0.1, 0.15) is 0 Å². The molecular weight excluding hydrogens is 437 g/mol. The van der Waals surface area contributed by atoms with Crippen LogP contribution < -0.4 is 4.74 Å². The topological polar surface area (TPSA) is 29.5 Å². The summed E-state index contributed by atoms with van der Waals surface area (Å²) in [5.41, 5.74) is 1.19. The Kier molecular flexibility index (Phi) is 5.11. The van der Waals surface area contributed by atoms with E-state index in [2.05, 4.69) is 33.4 Å². The highest BCUT2D eigenvalue weighted by atomic mass is 79.9. The van der Waals surface area contributed by atoms with Crippen molar-refractivity contribution < 1.29 is 13.9 Å². The number of halogens is 2. The first kappa shape index (κ1) is 17.7. The highest BCUT2D eigenvalue weighted by molar-refractivity contribution is 9.10. The van der Waals surface area contributed by atoms with Gasteiger partial charge in [-0.05, 0) is 53.1 Å². The van der Waals surface area contributed by atoms with Gasteiger partial charge in [0.15, 0.2) is 18.2 Å². The SMILES string of the molecule is O=C(COc1ccc(Br)cc1F)N1CCc2sccc2C1c1cccs1. The summed E-state index contributed by atoms with van der Waals surface area (Å²) in [6.45, 7) is 0.459. The monoisotopic (exact) mass is 451 g/mol. The maximum absolute atomic E-state index is 13.9. The van der Waals surface area contributed by atoms with Gasteiger partial charge < -0.3 is 9.64 Å². The first-order chi connectivity index (χ1) is 12.6. The van der Waals surface area contributed by atoms with Crippen LogP contribution >= 0.6 is 38.6 Å². The van der Waals surface area contributed by atoms with E-state index in [4.69, 9.17) is 4.74 Å². The lowest BCUT2D eigenvalue weighted by Crippen LogP contribution is -2.42. The fraction of sp³-hybridized carbons (Fsp3) is 0.211. The molecule has 3 nitrogen and oxygen atoms in total. The maximum Gasteiger partial charge on any atom is 0.261 e.